The Morgan fingerprint density at radius 3 is 1.48 bits per heavy atom. The van der Waals surface area contributed by atoms with E-state index < -0.39 is 67.4 Å². The van der Waals surface area contributed by atoms with Crippen molar-refractivity contribution >= 4 is 11.9 Å². The van der Waals surface area contributed by atoms with Gasteiger partial charge in [0.2, 0.25) is 5.91 Å². The lowest BCUT2D eigenvalue weighted by atomic mass is 9.99. The Labute approximate surface area is 457 Å². The summed E-state index contributed by atoms with van der Waals surface area (Å²) in [5.41, 5.74) is 0. The number of rotatable bonds is 50. The summed E-state index contributed by atoms with van der Waals surface area (Å²) in [7, 11) is 0. The van der Waals surface area contributed by atoms with Crippen molar-refractivity contribution in [3.05, 3.63) is 85.1 Å². The van der Waals surface area contributed by atoms with Crippen LogP contribution in [0.2, 0.25) is 0 Å². The smallest absolute Gasteiger partial charge is 0.306 e. The molecule has 0 radical (unpaired) electrons. The van der Waals surface area contributed by atoms with Crippen LogP contribution in [0, 0.1) is 0 Å². The van der Waals surface area contributed by atoms with Gasteiger partial charge in [-0.25, -0.2) is 0 Å². The molecule has 432 valence electrons. The summed E-state index contributed by atoms with van der Waals surface area (Å²) < 4.78 is 17.6. The monoisotopic (exact) mass is 1050 g/mol. The van der Waals surface area contributed by atoms with E-state index in [0.29, 0.717) is 12.8 Å². The average molecular weight is 1050 g/mol. The van der Waals surface area contributed by atoms with Crippen LogP contribution in [0.3, 0.4) is 0 Å². The van der Waals surface area contributed by atoms with Crippen LogP contribution in [0.1, 0.15) is 245 Å². The van der Waals surface area contributed by atoms with E-state index in [-0.39, 0.29) is 19.4 Å². The van der Waals surface area contributed by atoms with E-state index in [2.05, 4.69) is 99.0 Å². The van der Waals surface area contributed by atoms with Gasteiger partial charge in [-0.3, -0.25) is 9.59 Å². The molecule has 1 heterocycles. The Morgan fingerprint density at radius 2 is 0.960 bits per heavy atom. The van der Waals surface area contributed by atoms with Gasteiger partial charge in [0, 0.05) is 6.42 Å². The Balaban J connectivity index is 2.76. The predicted molar refractivity (Wildman–Crippen MR) is 310 cm³/mol. The fourth-order valence-electron chi connectivity index (χ4n) is 8.92. The molecule has 0 spiro atoms. The first-order valence-electron chi connectivity index (χ1n) is 30.4. The quantitative estimate of drug-likeness (QED) is 0.0149. The molecule has 1 amide bonds. The second-order valence-electron chi connectivity index (χ2n) is 20.8. The van der Waals surface area contributed by atoms with E-state index in [9.17, 15) is 35.1 Å². The number of carbonyl (C=O) groups excluding carboxylic acids is 2. The summed E-state index contributed by atoms with van der Waals surface area (Å²) in [5, 5.41) is 56.9. The lowest BCUT2D eigenvalue weighted by Crippen LogP contribution is -2.61. The maximum absolute atomic E-state index is 13.4. The van der Waals surface area contributed by atoms with Gasteiger partial charge in [0.25, 0.3) is 0 Å². The first kappa shape index (κ1) is 69.9. The minimum atomic E-state index is -1.63. The molecule has 0 aromatic carbocycles. The summed E-state index contributed by atoms with van der Waals surface area (Å²) in [6, 6.07) is -1.05. The summed E-state index contributed by atoms with van der Waals surface area (Å²) in [4.78, 5) is 26.5. The summed E-state index contributed by atoms with van der Waals surface area (Å²) >= 11 is 0. The highest BCUT2D eigenvalue weighted by Crippen LogP contribution is 2.26. The van der Waals surface area contributed by atoms with Crippen molar-refractivity contribution in [1.29, 1.82) is 0 Å². The van der Waals surface area contributed by atoms with Gasteiger partial charge in [0.05, 0.1) is 25.4 Å². The minimum absolute atomic E-state index is 0.103. The molecule has 1 rings (SSSR count). The number of hydrogen-bond donors (Lipinski definition) is 6. The highest BCUT2D eigenvalue weighted by molar-refractivity contribution is 5.80. The molecule has 1 fully saturated rings. The molecular weight excluding hydrogens is 943 g/mol. The van der Waals surface area contributed by atoms with Gasteiger partial charge in [0.15, 0.2) is 12.4 Å². The number of ether oxygens (including phenoxy) is 3. The summed E-state index contributed by atoms with van der Waals surface area (Å²) in [6.45, 7) is 5.70. The second-order valence-corrected chi connectivity index (χ2v) is 20.8. The molecule has 0 aromatic rings. The zero-order chi connectivity index (χ0) is 54.7. The van der Waals surface area contributed by atoms with Crippen LogP contribution in [0.25, 0.3) is 0 Å². The number of amides is 1. The Bertz CT molecular complexity index is 1540. The first-order valence-corrected chi connectivity index (χ1v) is 30.4. The van der Waals surface area contributed by atoms with Crippen molar-refractivity contribution in [2.45, 2.75) is 294 Å². The van der Waals surface area contributed by atoms with Crippen LogP contribution >= 0.6 is 0 Å². The van der Waals surface area contributed by atoms with Gasteiger partial charge in [-0.1, -0.05) is 228 Å². The van der Waals surface area contributed by atoms with Crippen LogP contribution in [-0.4, -0.2) is 99.6 Å². The number of hydrogen-bond acceptors (Lipinski definition) is 10. The maximum Gasteiger partial charge on any atom is 0.306 e. The fraction of sp³-hybridized carbons (Fsp3) is 0.750. The molecule has 0 aromatic heterocycles. The molecular formula is C64H111NO10. The number of esters is 1. The van der Waals surface area contributed by atoms with Crippen molar-refractivity contribution < 1.29 is 49.3 Å². The van der Waals surface area contributed by atoms with Gasteiger partial charge < -0.3 is 45.1 Å². The van der Waals surface area contributed by atoms with Crippen molar-refractivity contribution in [1.82, 2.24) is 5.32 Å². The topological polar surface area (TPSA) is 175 Å². The van der Waals surface area contributed by atoms with Crippen molar-refractivity contribution in [2.75, 3.05) is 13.2 Å². The van der Waals surface area contributed by atoms with Crippen molar-refractivity contribution in [2.24, 2.45) is 0 Å². The van der Waals surface area contributed by atoms with Crippen LogP contribution in [-0.2, 0) is 23.8 Å². The predicted octanol–water partition coefficient (Wildman–Crippen LogP) is 14.2. The van der Waals surface area contributed by atoms with E-state index in [0.717, 1.165) is 109 Å². The highest BCUT2D eigenvalue weighted by atomic mass is 16.7. The number of carbonyl (C=O) groups is 2. The van der Waals surface area contributed by atoms with E-state index in [4.69, 9.17) is 14.2 Å². The molecule has 6 N–H and O–H groups in total. The molecule has 75 heavy (non-hydrogen) atoms. The minimum Gasteiger partial charge on any atom is -0.454 e. The fourth-order valence-corrected chi connectivity index (χ4v) is 8.92. The first-order chi connectivity index (χ1) is 36.7. The molecule has 0 saturated carbocycles. The van der Waals surface area contributed by atoms with E-state index in [1.807, 2.05) is 6.08 Å². The van der Waals surface area contributed by atoms with Crippen LogP contribution in [0.4, 0.5) is 0 Å². The summed E-state index contributed by atoms with van der Waals surface area (Å²) in [5.74, 6) is -1.24. The third-order valence-electron chi connectivity index (χ3n) is 13.8. The summed E-state index contributed by atoms with van der Waals surface area (Å²) in [6.07, 6.45) is 56.1. The third kappa shape index (κ3) is 39.8. The van der Waals surface area contributed by atoms with Crippen molar-refractivity contribution in [3.8, 4) is 0 Å². The lowest BCUT2D eigenvalue weighted by Gasteiger charge is -2.41. The number of aliphatic hydroxyl groups excluding tert-OH is 5. The molecule has 8 unspecified atom stereocenters. The molecule has 0 aliphatic carbocycles. The van der Waals surface area contributed by atoms with Crippen LogP contribution < -0.4 is 5.32 Å². The van der Waals surface area contributed by atoms with E-state index >= 15 is 0 Å². The van der Waals surface area contributed by atoms with Crippen LogP contribution in [0.5, 0.6) is 0 Å². The highest BCUT2D eigenvalue weighted by Gasteiger charge is 2.47. The molecule has 1 aliphatic heterocycles. The molecule has 8 atom stereocenters. The number of nitrogens with one attached hydrogen (secondary N) is 1. The molecule has 1 aliphatic rings. The van der Waals surface area contributed by atoms with Crippen molar-refractivity contribution in [3.63, 3.8) is 0 Å². The average Bonchev–Trinajstić information content (AvgIpc) is 3.41. The van der Waals surface area contributed by atoms with Gasteiger partial charge in [0.1, 0.15) is 24.4 Å². The zero-order valence-corrected chi connectivity index (χ0v) is 47.6. The number of unbranched alkanes of at least 4 members (excludes halogenated alkanes) is 25. The number of allylic oxidation sites excluding steroid dienone is 13. The SMILES string of the molecule is CCCCC/C=C\C/C=C\C/C=C\C/C=C\CCCCC(O)C(=O)NC(COC1OC(CO)C(O)C(O)C1OC(=O)CCCCCCCC/C=C/C=C/CCCCC)C(O)/C=C/CCCCCCCCCCCCC. The molecule has 11 nitrogen and oxygen atoms in total. The standard InChI is InChI=1S/C64H111NO10/c1-4-7-10-13-16-19-22-25-27-28-29-31-33-36-39-42-45-48-51-57(68)63(72)65-55(56(67)50-47-44-41-38-35-32-24-21-18-15-12-9-6-3)54-73-64-62(61(71)60(70)58(53-66)74-64)75-59(69)52-49-46-43-40-37-34-30-26-23-20-17-14-11-8-5-2/h16-17,19-20,23,25-27,29,31,36,39,47,50,55-58,60-62,64,66-68,70-71H,4-15,18,21-22,24,28,30,32-35,37-38,40-46,48-49,51-54H2,1-3H3,(H,65,72)/b19-16-,20-17+,26-23+,27-25-,31-29-,39-36-,50-47+. The Hall–Kier alpha value is -3.16. The molecule has 11 heteroatoms. The van der Waals surface area contributed by atoms with Gasteiger partial charge >= 0.3 is 5.97 Å². The van der Waals surface area contributed by atoms with Gasteiger partial charge in [-0.15, -0.1) is 0 Å². The second kappa shape index (κ2) is 51.6. The third-order valence-corrected chi connectivity index (χ3v) is 13.8. The van der Waals surface area contributed by atoms with E-state index in [1.54, 1.807) is 6.08 Å². The Kier molecular flexibility index (Phi) is 48.0. The lowest BCUT2D eigenvalue weighted by molar-refractivity contribution is -0.305. The normalized spacial score (nSPS) is 19.8. The van der Waals surface area contributed by atoms with Gasteiger partial charge in [-0.05, 0) is 96.3 Å². The molecule has 0 bridgehead atoms. The number of aliphatic hydroxyl groups is 5. The van der Waals surface area contributed by atoms with Crippen LogP contribution in [0.15, 0.2) is 85.1 Å². The zero-order valence-electron chi connectivity index (χ0n) is 47.6. The van der Waals surface area contributed by atoms with E-state index in [1.165, 1.54) is 89.9 Å². The maximum atomic E-state index is 13.4. The van der Waals surface area contributed by atoms with Gasteiger partial charge in [-0.2, -0.15) is 0 Å². The molecule has 1 saturated heterocycles. The largest absolute Gasteiger partial charge is 0.454 e. The Morgan fingerprint density at radius 1 is 0.533 bits per heavy atom.